The molecule has 0 aromatic heterocycles. The highest BCUT2D eigenvalue weighted by Crippen LogP contribution is 2.24. The van der Waals surface area contributed by atoms with Crippen LogP contribution in [0, 0.1) is 0 Å². The van der Waals surface area contributed by atoms with Crippen molar-refractivity contribution in [3.05, 3.63) is 48.0 Å². The molecule has 2 rings (SSSR count). The summed E-state index contributed by atoms with van der Waals surface area (Å²) in [6.07, 6.45) is 0. The third kappa shape index (κ3) is 1.51. The lowest BCUT2D eigenvalue weighted by Crippen LogP contribution is -1.99. The van der Waals surface area contributed by atoms with Gasteiger partial charge in [0.05, 0.1) is 0 Å². The van der Waals surface area contributed by atoms with Gasteiger partial charge in [-0.25, -0.2) is 0 Å². The van der Waals surface area contributed by atoms with E-state index in [1.54, 1.807) is 0 Å². The van der Waals surface area contributed by atoms with Gasteiger partial charge in [-0.2, -0.15) is 0 Å². The molecule has 0 saturated heterocycles. The molecular formula is C13H14O. The number of aliphatic hydroxyl groups excluding tert-OH is 1. The summed E-state index contributed by atoms with van der Waals surface area (Å²) in [5.41, 5.74) is 1.23. The fourth-order valence-corrected chi connectivity index (χ4v) is 1.78. The number of hydrogen-bond donors (Lipinski definition) is 1. The van der Waals surface area contributed by atoms with E-state index in [0.29, 0.717) is 0 Å². The highest BCUT2D eigenvalue weighted by molar-refractivity contribution is 5.86. The van der Waals surface area contributed by atoms with E-state index in [4.69, 9.17) is 5.11 Å². The van der Waals surface area contributed by atoms with Crippen LogP contribution in [0.3, 0.4) is 0 Å². The first-order chi connectivity index (χ1) is 6.83. The minimum atomic E-state index is 0.202. The van der Waals surface area contributed by atoms with Crippen LogP contribution in [0.5, 0.6) is 0 Å². The molecule has 0 fully saturated rings. The summed E-state index contributed by atoms with van der Waals surface area (Å²) >= 11 is 0. The minimum absolute atomic E-state index is 0.202. The number of fused-ring (bicyclic) bond motifs is 1. The molecule has 0 aliphatic heterocycles. The van der Waals surface area contributed by atoms with E-state index in [1.165, 1.54) is 16.3 Å². The van der Waals surface area contributed by atoms with Gasteiger partial charge >= 0.3 is 0 Å². The lowest BCUT2D eigenvalue weighted by molar-refractivity contribution is 0.273. The second-order valence-corrected chi connectivity index (χ2v) is 3.65. The third-order valence-electron chi connectivity index (χ3n) is 2.63. The number of benzene rings is 2. The predicted molar refractivity (Wildman–Crippen MR) is 59.4 cm³/mol. The van der Waals surface area contributed by atoms with Crippen LogP contribution in [0.1, 0.15) is 18.4 Å². The molecule has 1 N–H and O–H groups in total. The van der Waals surface area contributed by atoms with Crippen molar-refractivity contribution in [2.75, 3.05) is 6.61 Å². The molecule has 14 heavy (non-hydrogen) atoms. The summed E-state index contributed by atoms with van der Waals surface area (Å²) < 4.78 is 0. The monoisotopic (exact) mass is 186 g/mol. The zero-order valence-corrected chi connectivity index (χ0v) is 8.27. The van der Waals surface area contributed by atoms with Crippen molar-refractivity contribution in [3.8, 4) is 0 Å². The van der Waals surface area contributed by atoms with Crippen LogP contribution in [0.2, 0.25) is 0 Å². The van der Waals surface area contributed by atoms with Gasteiger partial charge in [0.1, 0.15) is 0 Å². The Morgan fingerprint density at radius 1 is 1.07 bits per heavy atom. The topological polar surface area (TPSA) is 20.2 Å². The Balaban J connectivity index is 2.65. The van der Waals surface area contributed by atoms with Crippen LogP contribution in [0.25, 0.3) is 10.8 Å². The molecule has 1 atom stereocenters. The lowest BCUT2D eigenvalue weighted by Gasteiger charge is -2.11. The Bertz CT molecular complexity index is 429. The van der Waals surface area contributed by atoms with Crippen LogP contribution in [-0.4, -0.2) is 11.7 Å². The maximum atomic E-state index is 9.15. The molecule has 0 saturated carbocycles. The van der Waals surface area contributed by atoms with Crippen LogP contribution < -0.4 is 0 Å². The summed E-state index contributed by atoms with van der Waals surface area (Å²) in [5.74, 6) is 0.209. The minimum Gasteiger partial charge on any atom is -0.396 e. The van der Waals surface area contributed by atoms with Crippen LogP contribution in [0.15, 0.2) is 42.5 Å². The quantitative estimate of drug-likeness (QED) is 0.764. The molecule has 72 valence electrons. The average molecular weight is 186 g/mol. The first-order valence-electron chi connectivity index (χ1n) is 4.91. The Kier molecular flexibility index (Phi) is 2.51. The smallest absolute Gasteiger partial charge is 0.0497 e. The largest absolute Gasteiger partial charge is 0.396 e. The first-order valence-corrected chi connectivity index (χ1v) is 4.91. The molecule has 2 aromatic rings. The van der Waals surface area contributed by atoms with Crippen molar-refractivity contribution < 1.29 is 5.11 Å². The van der Waals surface area contributed by atoms with Gasteiger partial charge in [0.15, 0.2) is 0 Å². The van der Waals surface area contributed by atoms with Crippen LogP contribution >= 0.6 is 0 Å². The summed E-state index contributed by atoms with van der Waals surface area (Å²) in [5, 5.41) is 11.6. The Morgan fingerprint density at radius 2 is 1.79 bits per heavy atom. The molecule has 2 aromatic carbocycles. The highest BCUT2D eigenvalue weighted by atomic mass is 16.3. The van der Waals surface area contributed by atoms with Gasteiger partial charge < -0.3 is 5.11 Å². The molecule has 1 unspecified atom stereocenters. The summed E-state index contributed by atoms with van der Waals surface area (Å²) in [6.45, 7) is 2.25. The molecule has 0 aliphatic carbocycles. The number of rotatable bonds is 2. The summed E-state index contributed by atoms with van der Waals surface area (Å²) in [7, 11) is 0. The SMILES string of the molecule is CC(CO)c1cccc2ccccc12. The van der Waals surface area contributed by atoms with E-state index in [1.807, 2.05) is 25.1 Å². The molecule has 0 heterocycles. The molecular weight excluding hydrogens is 172 g/mol. The molecule has 0 amide bonds. The highest BCUT2D eigenvalue weighted by Gasteiger charge is 2.06. The van der Waals surface area contributed by atoms with E-state index in [0.717, 1.165) is 0 Å². The Hall–Kier alpha value is -1.34. The van der Waals surface area contributed by atoms with Crippen LogP contribution in [-0.2, 0) is 0 Å². The zero-order valence-electron chi connectivity index (χ0n) is 8.27. The van der Waals surface area contributed by atoms with Gasteiger partial charge in [-0.3, -0.25) is 0 Å². The van der Waals surface area contributed by atoms with Crippen molar-refractivity contribution in [1.29, 1.82) is 0 Å². The average Bonchev–Trinajstić information content (AvgIpc) is 2.27. The van der Waals surface area contributed by atoms with Crippen molar-refractivity contribution in [1.82, 2.24) is 0 Å². The van der Waals surface area contributed by atoms with E-state index in [-0.39, 0.29) is 12.5 Å². The molecule has 1 nitrogen and oxygen atoms in total. The zero-order chi connectivity index (χ0) is 9.97. The van der Waals surface area contributed by atoms with Gasteiger partial charge in [0.2, 0.25) is 0 Å². The maximum Gasteiger partial charge on any atom is 0.0497 e. The van der Waals surface area contributed by atoms with E-state index < -0.39 is 0 Å². The second-order valence-electron chi connectivity index (χ2n) is 3.65. The summed E-state index contributed by atoms with van der Waals surface area (Å²) in [4.78, 5) is 0. The molecule has 1 heteroatoms. The van der Waals surface area contributed by atoms with E-state index in [9.17, 15) is 0 Å². The van der Waals surface area contributed by atoms with Gasteiger partial charge in [-0.05, 0) is 16.3 Å². The molecule has 0 spiro atoms. The number of aliphatic hydroxyl groups is 1. The van der Waals surface area contributed by atoms with Gasteiger partial charge in [-0.15, -0.1) is 0 Å². The standard InChI is InChI=1S/C13H14O/c1-10(9-14)12-8-4-6-11-5-2-3-7-13(11)12/h2-8,10,14H,9H2,1H3. The maximum absolute atomic E-state index is 9.15. The fraction of sp³-hybridized carbons (Fsp3) is 0.231. The normalized spacial score (nSPS) is 13.0. The van der Waals surface area contributed by atoms with Gasteiger partial charge in [0, 0.05) is 12.5 Å². The van der Waals surface area contributed by atoms with E-state index >= 15 is 0 Å². The lowest BCUT2D eigenvalue weighted by atomic mass is 9.95. The van der Waals surface area contributed by atoms with E-state index in [2.05, 4.69) is 24.3 Å². The number of hydrogen-bond acceptors (Lipinski definition) is 1. The Morgan fingerprint density at radius 3 is 2.57 bits per heavy atom. The molecule has 0 aliphatic rings. The van der Waals surface area contributed by atoms with Gasteiger partial charge in [0.25, 0.3) is 0 Å². The third-order valence-corrected chi connectivity index (χ3v) is 2.63. The molecule has 0 bridgehead atoms. The van der Waals surface area contributed by atoms with Crippen molar-refractivity contribution >= 4 is 10.8 Å². The first kappa shape index (κ1) is 9.22. The van der Waals surface area contributed by atoms with Crippen molar-refractivity contribution in [2.45, 2.75) is 12.8 Å². The van der Waals surface area contributed by atoms with Crippen molar-refractivity contribution in [2.24, 2.45) is 0 Å². The fourth-order valence-electron chi connectivity index (χ4n) is 1.78. The second kappa shape index (κ2) is 3.81. The molecule has 0 radical (unpaired) electrons. The predicted octanol–water partition coefficient (Wildman–Crippen LogP) is 2.94. The summed E-state index contributed by atoms with van der Waals surface area (Å²) in [6, 6.07) is 14.5. The Labute approximate surface area is 84.0 Å². The van der Waals surface area contributed by atoms with Crippen LogP contribution in [0.4, 0.5) is 0 Å². The van der Waals surface area contributed by atoms with Crippen molar-refractivity contribution in [3.63, 3.8) is 0 Å². The van der Waals surface area contributed by atoms with Gasteiger partial charge in [-0.1, -0.05) is 49.4 Å².